The lowest BCUT2D eigenvalue weighted by Gasteiger charge is -2.02. The van der Waals surface area contributed by atoms with E-state index in [0.717, 1.165) is 11.6 Å². The van der Waals surface area contributed by atoms with Crippen molar-refractivity contribution in [3.63, 3.8) is 0 Å². The van der Waals surface area contributed by atoms with Crippen LogP contribution >= 0.6 is 11.6 Å². The minimum atomic E-state index is -0.523. The Morgan fingerprint density at radius 3 is 3.05 bits per heavy atom. The number of aliphatic imine (C=N–C) groups is 1. The van der Waals surface area contributed by atoms with E-state index >= 15 is 0 Å². The van der Waals surface area contributed by atoms with Crippen molar-refractivity contribution in [3.05, 3.63) is 35.1 Å². The molecule has 0 aliphatic heterocycles. The molecule has 0 bridgehead atoms. The number of nitrogens with zero attached hydrogens (tertiary/aromatic N) is 2. The summed E-state index contributed by atoms with van der Waals surface area (Å²) in [5.74, 6) is 0. The summed E-state index contributed by atoms with van der Waals surface area (Å²) in [4.78, 5) is 21.8. The monoisotopic (exact) mass is 303 g/mol. The largest absolute Gasteiger partial charge is 0.398 e. The Morgan fingerprint density at radius 1 is 1.62 bits per heavy atom. The van der Waals surface area contributed by atoms with Gasteiger partial charge in [0.25, 0.3) is 0 Å². The molecule has 21 heavy (non-hydrogen) atoms. The SMILES string of the molecule is C[C@H](C=O)N=C(C=N)C=C(N)c1c[nH]c2ncc(Cl)cc12. The van der Waals surface area contributed by atoms with Gasteiger partial charge in [0.1, 0.15) is 18.0 Å². The van der Waals surface area contributed by atoms with Crippen LogP contribution < -0.4 is 5.73 Å². The molecule has 0 spiro atoms. The van der Waals surface area contributed by atoms with Crippen molar-refractivity contribution in [3.8, 4) is 0 Å². The summed E-state index contributed by atoms with van der Waals surface area (Å²) < 4.78 is 0. The van der Waals surface area contributed by atoms with Gasteiger partial charge >= 0.3 is 0 Å². The number of nitrogens with two attached hydrogens (primary N) is 1. The maximum atomic E-state index is 10.6. The van der Waals surface area contributed by atoms with E-state index in [4.69, 9.17) is 22.7 Å². The van der Waals surface area contributed by atoms with Crippen molar-refractivity contribution in [1.29, 1.82) is 5.41 Å². The first-order valence-corrected chi connectivity index (χ1v) is 6.56. The van der Waals surface area contributed by atoms with Crippen LogP contribution in [0.2, 0.25) is 5.02 Å². The standard InChI is InChI=1S/C14H14ClN5O/c1-8(7-21)20-10(4-16)3-13(17)12-6-19-14-11(12)2-9(15)5-18-14/h2-8,16H,17H2,1H3,(H,18,19)/t8-/m1/s1. The second-order valence-electron chi connectivity index (χ2n) is 4.43. The predicted molar refractivity (Wildman–Crippen MR) is 85.0 cm³/mol. The second kappa shape index (κ2) is 6.32. The highest BCUT2D eigenvalue weighted by molar-refractivity contribution is 6.36. The second-order valence-corrected chi connectivity index (χ2v) is 4.86. The van der Waals surface area contributed by atoms with Crippen LogP contribution in [0, 0.1) is 5.41 Å². The molecule has 0 fully saturated rings. The Labute approximate surface area is 126 Å². The zero-order valence-electron chi connectivity index (χ0n) is 11.3. The van der Waals surface area contributed by atoms with Gasteiger partial charge in [0.05, 0.1) is 10.7 Å². The van der Waals surface area contributed by atoms with E-state index in [-0.39, 0.29) is 0 Å². The lowest BCUT2D eigenvalue weighted by molar-refractivity contribution is -0.108. The molecule has 1 atom stereocenters. The molecule has 0 saturated heterocycles. The average Bonchev–Trinajstić information content (AvgIpc) is 2.89. The number of hydrogen-bond donors (Lipinski definition) is 3. The summed E-state index contributed by atoms with van der Waals surface area (Å²) in [6.07, 6.45) is 6.54. The van der Waals surface area contributed by atoms with Gasteiger partial charge in [0.2, 0.25) is 0 Å². The summed E-state index contributed by atoms with van der Waals surface area (Å²) in [7, 11) is 0. The van der Waals surface area contributed by atoms with E-state index in [1.165, 1.54) is 6.08 Å². The van der Waals surface area contributed by atoms with E-state index in [1.807, 2.05) is 0 Å². The minimum Gasteiger partial charge on any atom is -0.398 e. The van der Waals surface area contributed by atoms with Crippen molar-refractivity contribution < 1.29 is 4.79 Å². The van der Waals surface area contributed by atoms with Gasteiger partial charge in [-0.05, 0) is 19.1 Å². The highest BCUT2D eigenvalue weighted by Gasteiger charge is 2.08. The maximum Gasteiger partial charge on any atom is 0.144 e. The Bertz CT molecular complexity index is 747. The lowest BCUT2D eigenvalue weighted by Crippen LogP contribution is -2.08. The number of aromatic amines is 1. The third-order valence-electron chi connectivity index (χ3n) is 2.81. The number of aldehydes is 1. The first-order valence-electron chi connectivity index (χ1n) is 6.19. The minimum absolute atomic E-state index is 0.316. The number of hydrogen-bond acceptors (Lipinski definition) is 5. The first-order chi connectivity index (χ1) is 10.0. The number of carbonyl (C=O) groups excluding carboxylic acids is 1. The summed E-state index contributed by atoms with van der Waals surface area (Å²) in [6.45, 7) is 1.63. The van der Waals surface area contributed by atoms with Gasteiger partial charge < -0.3 is 20.9 Å². The van der Waals surface area contributed by atoms with Crippen LogP contribution in [0.5, 0.6) is 0 Å². The van der Waals surface area contributed by atoms with Gasteiger partial charge in [0, 0.05) is 35.3 Å². The van der Waals surface area contributed by atoms with Crippen molar-refractivity contribution in [1.82, 2.24) is 9.97 Å². The Balaban J connectivity index is 2.45. The van der Waals surface area contributed by atoms with Gasteiger partial charge in [0.15, 0.2) is 0 Å². The maximum absolute atomic E-state index is 10.6. The molecular weight excluding hydrogens is 290 g/mol. The summed E-state index contributed by atoms with van der Waals surface area (Å²) in [5.41, 5.74) is 8.15. The van der Waals surface area contributed by atoms with Gasteiger partial charge in [-0.1, -0.05) is 11.6 Å². The van der Waals surface area contributed by atoms with E-state index in [2.05, 4.69) is 15.0 Å². The number of carbonyl (C=O) groups is 1. The van der Waals surface area contributed by atoms with Crippen LogP contribution in [0.25, 0.3) is 16.7 Å². The number of halogens is 1. The average molecular weight is 304 g/mol. The molecule has 2 rings (SSSR count). The van der Waals surface area contributed by atoms with Crippen LogP contribution in [0.4, 0.5) is 0 Å². The number of pyridine rings is 1. The molecular formula is C14H14ClN5O. The number of aromatic nitrogens is 2. The Hall–Kier alpha value is -2.47. The molecule has 2 aromatic rings. The Morgan fingerprint density at radius 2 is 2.38 bits per heavy atom. The van der Waals surface area contributed by atoms with E-state index < -0.39 is 6.04 Å². The molecule has 7 heteroatoms. The molecule has 0 unspecified atom stereocenters. The molecule has 108 valence electrons. The molecule has 0 saturated carbocycles. The molecule has 0 amide bonds. The summed E-state index contributed by atoms with van der Waals surface area (Å²) >= 11 is 5.94. The third kappa shape index (κ3) is 3.35. The molecule has 0 aromatic carbocycles. The quantitative estimate of drug-likeness (QED) is 0.582. The number of fused-ring (bicyclic) bond motifs is 1. The zero-order valence-corrected chi connectivity index (χ0v) is 12.1. The van der Waals surface area contributed by atoms with Crippen LogP contribution in [0.1, 0.15) is 12.5 Å². The molecule has 0 radical (unpaired) electrons. The normalized spacial score (nSPS) is 14.2. The number of H-pyrrole nitrogens is 1. The van der Waals surface area contributed by atoms with Crippen LogP contribution in [-0.4, -0.2) is 34.2 Å². The Kier molecular flexibility index (Phi) is 4.49. The van der Waals surface area contributed by atoms with Crippen LogP contribution in [0.15, 0.2) is 29.5 Å². The van der Waals surface area contributed by atoms with Crippen molar-refractivity contribution in [2.75, 3.05) is 0 Å². The fraction of sp³-hybridized carbons (Fsp3) is 0.143. The predicted octanol–water partition coefficient (Wildman–Crippen LogP) is 2.19. The van der Waals surface area contributed by atoms with Crippen molar-refractivity contribution in [2.24, 2.45) is 10.7 Å². The molecule has 4 N–H and O–H groups in total. The van der Waals surface area contributed by atoms with Crippen LogP contribution in [-0.2, 0) is 4.79 Å². The summed E-state index contributed by atoms with van der Waals surface area (Å²) in [6, 6.07) is 1.23. The highest BCUT2D eigenvalue weighted by Crippen LogP contribution is 2.23. The smallest absolute Gasteiger partial charge is 0.144 e. The van der Waals surface area contributed by atoms with Crippen molar-refractivity contribution in [2.45, 2.75) is 13.0 Å². The van der Waals surface area contributed by atoms with E-state index in [1.54, 1.807) is 25.4 Å². The molecule has 2 aromatic heterocycles. The molecule has 2 heterocycles. The van der Waals surface area contributed by atoms with Gasteiger partial charge in [-0.15, -0.1) is 0 Å². The topological polar surface area (TPSA) is 108 Å². The van der Waals surface area contributed by atoms with Gasteiger partial charge in [-0.25, -0.2) is 4.98 Å². The fourth-order valence-corrected chi connectivity index (χ4v) is 1.99. The van der Waals surface area contributed by atoms with E-state index in [9.17, 15) is 4.79 Å². The van der Waals surface area contributed by atoms with Gasteiger partial charge in [-0.2, -0.15) is 0 Å². The van der Waals surface area contributed by atoms with Crippen molar-refractivity contribution >= 4 is 46.5 Å². The molecule has 6 nitrogen and oxygen atoms in total. The molecule has 0 aliphatic rings. The number of allylic oxidation sites excluding steroid dienone is 1. The third-order valence-corrected chi connectivity index (χ3v) is 3.02. The lowest BCUT2D eigenvalue weighted by atomic mass is 10.1. The number of rotatable bonds is 5. The zero-order chi connectivity index (χ0) is 15.4. The fourth-order valence-electron chi connectivity index (χ4n) is 1.84. The van der Waals surface area contributed by atoms with Crippen LogP contribution in [0.3, 0.4) is 0 Å². The summed E-state index contributed by atoms with van der Waals surface area (Å²) in [5, 5.41) is 8.62. The molecule has 0 aliphatic carbocycles. The van der Waals surface area contributed by atoms with E-state index in [0.29, 0.717) is 33.9 Å². The highest BCUT2D eigenvalue weighted by atomic mass is 35.5. The first kappa shape index (κ1) is 14.9. The number of nitrogens with one attached hydrogen (secondary N) is 2. The van der Waals surface area contributed by atoms with Gasteiger partial charge in [-0.3, -0.25) is 4.99 Å².